The van der Waals surface area contributed by atoms with Crippen LogP contribution in [0.25, 0.3) is 22.3 Å². The van der Waals surface area contributed by atoms with Crippen LogP contribution in [0.5, 0.6) is 0 Å². The van der Waals surface area contributed by atoms with Crippen LogP contribution in [0.3, 0.4) is 0 Å². The van der Waals surface area contributed by atoms with Crippen LogP contribution in [0.15, 0.2) is 16.9 Å². The van der Waals surface area contributed by atoms with Crippen LogP contribution in [-0.4, -0.2) is 37.7 Å². The Balaban J connectivity index is 1.56. The maximum Gasteiger partial charge on any atom is 0.343 e. The first kappa shape index (κ1) is 27.5. The highest BCUT2D eigenvalue weighted by Crippen LogP contribution is 2.46. The second-order valence-corrected chi connectivity index (χ2v) is 12.7. The molecule has 1 aromatic carbocycles. The molecule has 0 bridgehead atoms. The zero-order valence-corrected chi connectivity index (χ0v) is 23.9. The number of hydrogen-bond donors (Lipinski definition) is 3. The van der Waals surface area contributed by atoms with Crippen molar-refractivity contribution in [3.8, 4) is 11.4 Å². The molecule has 2 aromatic heterocycles. The van der Waals surface area contributed by atoms with Crippen LogP contribution >= 0.6 is 0 Å². The number of aliphatic hydroxyl groups is 2. The van der Waals surface area contributed by atoms with Crippen LogP contribution in [0.2, 0.25) is 0 Å². The number of fused-ring (bicyclic) bond motifs is 5. The summed E-state index contributed by atoms with van der Waals surface area (Å²) in [7, 11) is 0. The zero-order chi connectivity index (χ0) is 29.6. The molecule has 1 unspecified atom stereocenters. The van der Waals surface area contributed by atoms with Gasteiger partial charge in [-0.2, -0.15) is 0 Å². The van der Waals surface area contributed by atoms with Gasteiger partial charge >= 0.3 is 5.97 Å². The van der Waals surface area contributed by atoms with E-state index in [0.29, 0.717) is 40.9 Å². The van der Waals surface area contributed by atoms with Crippen molar-refractivity contribution in [2.24, 2.45) is 5.41 Å². The quantitative estimate of drug-likeness (QED) is 0.324. The van der Waals surface area contributed by atoms with E-state index in [9.17, 15) is 24.6 Å². The molecule has 3 aromatic rings. The van der Waals surface area contributed by atoms with Gasteiger partial charge in [0.25, 0.3) is 5.56 Å². The average Bonchev–Trinajstić information content (AvgIpc) is 3.28. The third-order valence-electron chi connectivity index (χ3n) is 8.80. The van der Waals surface area contributed by atoms with E-state index in [2.05, 4.69) is 5.32 Å². The van der Waals surface area contributed by atoms with Crippen molar-refractivity contribution in [3.05, 3.63) is 61.7 Å². The molecule has 41 heavy (non-hydrogen) atoms. The Hall–Kier alpha value is -3.63. The number of aromatic nitrogens is 2. The van der Waals surface area contributed by atoms with Gasteiger partial charge in [-0.3, -0.25) is 9.59 Å². The highest BCUT2D eigenvalue weighted by Gasteiger charge is 2.46. The fourth-order valence-electron chi connectivity index (χ4n) is 6.64. The van der Waals surface area contributed by atoms with Crippen LogP contribution in [-0.2, 0) is 39.5 Å². The first-order valence-electron chi connectivity index (χ1n) is 14.0. The normalized spacial score (nSPS) is 21.7. The number of hydrogen-bond acceptors (Lipinski definition) is 7. The largest absolute Gasteiger partial charge is 0.458 e. The first-order valence-corrected chi connectivity index (χ1v) is 14.0. The van der Waals surface area contributed by atoms with Gasteiger partial charge in [0.2, 0.25) is 5.91 Å². The number of benzene rings is 1. The maximum atomic E-state index is 15.1. The molecule has 0 spiro atoms. The number of aliphatic hydroxyl groups excluding tert-OH is 1. The lowest BCUT2D eigenvalue weighted by atomic mass is 9.81. The highest BCUT2D eigenvalue weighted by molar-refractivity contribution is 5.94. The van der Waals surface area contributed by atoms with E-state index in [4.69, 9.17) is 9.72 Å². The number of esters is 1. The van der Waals surface area contributed by atoms with E-state index in [1.54, 1.807) is 19.9 Å². The van der Waals surface area contributed by atoms with Gasteiger partial charge in [0, 0.05) is 22.6 Å². The van der Waals surface area contributed by atoms with E-state index >= 15 is 4.39 Å². The van der Waals surface area contributed by atoms with Crippen molar-refractivity contribution in [1.29, 1.82) is 0 Å². The SMILES string of the molecule is CC[C@@]1(O)C(=O)OCc2c1cc1n(c2=O)Cc2c-1nc1cc(F)c(C)c3c1c2[C@@H](NC(=O)C(O)CC(C)(C)C)CC3. The Morgan fingerprint density at radius 3 is 2.68 bits per heavy atom. The smallest absolute Gasteiger partial charge is 0.343 e. The van der Waals surface area contributed by atoms with Gasteiger partial charge in [0.05, 0.1) is 35.1 Å². The van der Waals surface area contributed by atoms with Gasteiger partial charge in [0.1, 0.15) is 18.5 Å². The summed E-state index contributed by atoms with van der Waals surface area (Å²) in [4.78, 5) is 44.2. The summed E-state index contributed by atoms with van der Waals surface area (Å²) in [6.07, 6.45) is 0.0925. The second kappa shape index (κ2) is 9.19. The summed E-state index contributed by atoms with van der Waals surface area (Å²) in [6, 6.07) is 2.49. The molecule has 3 atom stereocenters. The van der Waals surface area contributed by atoms with Crippen molar-refractivity contribution in [2.75, 3.05) is 0 Å². The number of halogens is 1. The molecular formula is C31H34FN3O6. The fourth-order valence-corrected chi connectivity index (χ4v) is 6.64. The zero-order valence-electron chi connectivity index (χ0n) is 23.9. The molecule has 0 fully saturated rings. The molecule has 0 radical (unpaired) electrons. The minimum atomic E-state index is -1.97. The maximum absolute atomic E-state index is 15.1. The van der Waals surface area contributed by atoms with Crippen molar-refractivity contribution in [2.45, 2.75) is 91.2 Å². The summed E-state index contributed by atoms with van der Waals surface area (Å²) in [6.45, 7) is 9.12. The lowest BCUT2D eigenvalue weighted by molar-refractivity contribution is -0.172. The molecule has 10 heteroatoms. The lowest BCUT2D eigenvalue weighted by Crippen LogP contribution is -2.44. The van der Waals surface area contributed by atoms with E-state index in [-0.39, 0.29) is 42.5 Å². The van der Waals surface area contributed by atoms with Crippen LogP contribution in [0.1, 0.15) is 86.4 Å². The lowest BCUT2D eigenvalue weighted by Gasteiger charge is -2.31. The number of cyclic esters (lactones) is 1. The average molecular weight is 564 g/mol. The number of nitrogens with one attached hydrogen (secondary N) is 1. The van der Waals surface area contributed by atoms with Crippen molar-refractivity contribution in [3.63, 3.8) is 0 Å². The van der Waals surface area contributed by atoms with Crippen LogP contribution < -0.4 is 10.9 Å². The molecule has 9 nitrogen and oxygen atoms in total. The Labute approximate surface area is 236 Å². The molecule has 3 N–H and O–H groups in total. The topological polar surface area (TPSA) is 131 Å². The standard InChI is InChI=1S/C31H34FN3O6/c1-6-31(40)18-9-22-26-16(12-35(22)28(38)17(18)13-41-29(31)39)25-20(34-27(37)23(36)11-30(3,4)5)8-7-15-14(2)19(32)10-21(33-26)24(15)25/h9-10,20,23,36,40H,6-8,11-13H2,1-5H3,(H,34,37)/t20-,23?,31-/m0/s1. The molecule has 1 amide bonds. The molecule has 2 aliphatic heterocycles. The Bertz CT molecular complexity index is 1720. The third kappa shape index (κ3) is 4.10. The molecule has 4 heterocycles. The molecule has 216 valence electrons. The number of nitrogens with zero attached hydrogens (tertiary/aromatic N) is 2. The summed E-state index contributed by atoms with van der Waals surface area (Å²) in [5.41, 5.74) is 1.83. The Morgan fingerprint density at radius 1 is 1.27 bits per heavy atom. The van der Waals surface area contributed by atoms with Gasteiger partial charge in [-0.15, -0.1) is 0 Å². The number of carbonyl (C=O) groups is 2. The van der Waals surface area contributed by atoms with Gasteiger partial charge in [-0.1, -0.05) is 27.7 Å². The molecular weight excluding hydrogens is 529 g/mol. The summed E-state index contributed by atoms with van der Waals surface area (Å²) >= 11 is 0. The summed E-state index contributed by atoms with van der Waals surface area (Å²) in [5.74, 6) is -1.69. The second-order valence-electron chi connectivity index (χ2n) is 12.7. The number of aryl methyl sites for hydroxylation is 1. The monoisotopic (exact) mass is 563 g/mol. The van der Waals surface area contributed by atoms with Crippen molar-refractivity contribution in [1.82, 2.24) is 14.9 Å². The summed E-state index contributed by atoms with van der Waals surface area (Å²) < 4.78 is 21.8. The molecule has 0 saturated carbocycles. The number of carbonyl (C=O) groups excluding carboxylic acids is 2. The summed E-state index contributed by atoms with van der Waals surface area (Å²) in [5, 5.41) is 25.6. The Morgan fingerprint density at radius 2 is 2.00 bits per heavy atom. The van der Waals surface area contributed by atoms with Crippen LogP contribution in [0, 0.1) is 18.2 Å². The predicted molar refractivity (Wildman–Crippen MR) is 149 cm³/mol. The van der Waals surface area contributed by atoms with E-state index in [0.717, 1.165) is 16.5 Å². The van der Waals surface area contributed by atoms with Crippen molar-refractivity contribution < 1.29 is 28.9 Å². The highest BCUT2D eigenvalue weighted by atomic mass is 19.1. The van der Waals surface area contributed by atoms with Crippen molar-refractivity contribution >= 4 is 22.8 Å². The first-order chi connectivity index (χ1) is 19.2. The van der Waals surface area contributed by atoms with Gasteiger partial charge in [-0.05, 0) is 60.8 Å². The van der Waals surface area contributed by atoms with Gasteiger partial charge in [-0.25, -0.2) is 14.2 Å². The number of pyridine rings is 2. The van der Waals surface area contributed by atoms with E-state index in [1.807, 2.05) is 20.8 Å². The fraction of sp³-hybridized carbons (Fsp3) is 0.484. The minimum absolute atomic E-state index is 0.0177. The minimum Gasteiger partial charge on any atom is -0.458 e. The van der Waals surface area contributed by atoms with E-state index < -0.39 is 41.0 Å². The molecule has 6 rings (SSSR count). The number of ether oxygens (including phenoxy) is 1. The third-order valence-corrected chi connectivity index (χ3v) is 8.80. The van der Waals surface area contributed by atoms with E-state index in [1.165, 1.54) is 10.6 Å². The molecule has 0 saturated heterocycles. The number of amides is 1. The van der Waals surface area contributed by atoms with Gasteiger partial charge < -0.3 is 24.8 Å². The molecule has 3 aliphatic rings. The van der Waals surface area contributed by atoms with Gasteiger partial charge in [0.15, 0.2) is 5.60 Å². The predicted octanol–water partition coefficient (Wildman–Crippen LogP) is 3.43. The van der Waals surface area contributed by atoms with Crippen LogP contribution in [0.4, 0.5) is 4.39 Å². The Kier molecular flexibility index (Phi) is 6.17. The number of rotatable bonds is 4. The molecule has 1 aliphatic carbocycles.